The van der Waals surface area contributed by atoms with Crippen LogP contribution in [0.15, 0.2) is 40.8 Å². The number of Topliss-reactive ketones (excluding diaryl/α,β-unsaturated/α-hetero) is 1. The lowest BCUT2D eigenvalue weighted by Crippen LogP contribution is -2.03. The molecule has 1 aromatic carbocycles. The van der Waals surface area contributed by atoms with Crippen LogP contribution in [-0.2, 0) is 13.0 Å². The average molecular weight is 229 g/mol. The zero-order valence-electron chi connectivity index (χ0n) is 9.77. The molecule has 3 nitrogen and oxygen atoms in total. The standard InChI is InChI=1S/C14H15NO2/c1-10-4-2-3-5-11(10)8-13(16)14-7-6-12(9-15)17-14/h2-7H,8-9,15H2,1H3. The Morgan fingerprint density at radius 2 is 2.00 bits per heavy atom. The SMILES string of the molecule is Cc1ccccc1CC(=O)c1ccc(CN)o1. The summed E-state index contributed by atoms with van der Waals surface area (Å²) < 4.78 is 5.33. The van der Waals surface area contributed by atoms with Crippen LogP contribution in [0.4, 0.5) is 0 Å². The first-order chi connectivity index (χ1) is 8.20. The summed E-state index contributed by atoms with van der Waals surface area (Å²) in [7, 11) is 0. The van der Waals surface area contributed by atoms with E-state index in [1.165, 1.54) is 0 Å². The van der Waals surface area contributed by atoms with E-state index in [-0.39, 0.29) is 5.78 Å². The van der Waals surface area contributed by atoms with Crippen molar-refractivity contribution in [3.63, 3.8) is 0 Å². The highest BCUT2D eigenvalue weighted by Crippen LogP contribution is 2.13. The number of benzene rings is 1. The van der Waals surface area contributed by atoms with E-state index in [0.29, 0.717) is 24.5 Å². The molecule has 1 heterocycles. The van der Waals surface area contributed by atoms with Crippen LogP contribution in [0.5, 0.6) is 0 Å². The predicted molar refractivity (Wildman–Crippen MR) is 65.8 cm³/mol. The average Bonchev–Trinajstić information content (AvgIpc) is 2.81. The van der Waals surface area contributed by atoms with Crippen LogP contribution >= 0.6 is 0 Å². The van der Waals surface area contributed by atoms with Gasteiger partial charge in [0, 0.05) is 6.42 Å². The van der Waals surface area contributed by atoms with Crippen molar-refractivity contribution in [2.75, 3.05) is 0 Å². The number of furan rings is 1. The maximum Gasteiger partial charge on any atom is 0.202 e. The quantitative estimate of drug-likeness (QED) is 0.819. The van der Waals surface area contributed by atoms with Gasteiger partial charge in [-0.15, -0.1) is 0 Å². The largest absolute Gasteiger partial charge is 0.457 e. The minimum absolute atomic E-state index is 0.0148. The minimum atomic E-state index is -0.0148. The summed E-state index contributed by atoms with van der Waals surface area (Å²) in [6.07, 6.45) is 0.365. The van der Waals surface area contributed by atoms with Crippen LogP contribution in [0.2, 0.25) is 0 Å². The monoisotopic (exact) mass is 229 g/mol. The second kappa shape index (κ2) is 4.97. The smallest absolute Gasteiger partial charge is 0.202 e. The van der Waals surface area contributed by atoms with Gasteiger partial charge in [-0.1, -0.05) is 24.3 Å². The lowest BCUT2D eigenvalue weighted by molar-refractivity contribution is 0.0964. The summed E-state index contributed by atoms with van der Waals surface area (Å²) in [6.45, 7) is 2.31. The Morgan fingerprint density at radius 3 is 2.65 bits per heavy atom. The highest BCUT2D eigenvalue weighted by molar-refractivity contribution is 5.95. The first-order valence-corrected chi connectivity index (χ1v) is 5.57. The van der Waals surface area contributed by atoms with Crippen molar-refractivity contribution in [1.82, 2.24) is 0 Å². The van der Waals surface area contributed by atoms with Crippen LogP contribution in [0.3, 0.4) is 0 Å². The van der Waals surface area contributed by atoms with Gasteiger partial charge in [-0.05, 0) is 30.2 Å². The molecule has 0 radical (unpaired) electrons. The summed E-state index contributed by atoms with van der Waals surface area (Å²) in [5.41, 5.74) is 7.58. The van der Waals surface area contributed by atoms with E-state index in [4.69, 9.17) is 10.2 Å². The Labute approximate surface area is 100 Å². The zero-order chi connectivity index (χ0) is 12.3. The normalized spacial score (nSPS) is 10.5. The molecule has 2 N–H and O–H groups in total. The molecule has 0 amide bonds. The Bertz CT molecular complexity index is 529. The maximum absolute atomic E-state index is 12.0. The fraction of sp³-hybridized carbons (Fsp3) is 0.214. The molecule has 0 saturated carbocycles. The molecule has 0 aliphatic rings. The van der Waals surface area contributed by atoms with E-state index < -0.39 is 0 Å². The van der Waals surface area contributed by atoms with Gasteiger partial charge >= 0.3 is 0 Å². The molecule has 88 valence electrons. The van der Waals surface area contributed by atoms with Crippen molar-refractivity contribution in [3.05, 3.63) is 59.0 Å². The number of nitrogens with two attached hydrogens (primary N) is 1. The molecular weight excluding hydrogens is 214 g/mol. The second-order valence-electron chi connectivity index (χ2n) is 4.00. The Hall–Kier alpha value is -1.87. The summed E-state index contributed by atoms with van der Waals surface area (Å²) >= 11 is 0. The first kappa shape index (κ1) is 11.6. The fourth-order valence-electron chi connectivity index (χ4n) is 1.71. The second-order valence-corrected chi connectivity index (χ2v) is 4.00. The van der Waals surface area contributed by atoms with E-state index >= 15 is 0 Å². The maximum atomic E-state index is 12.0. The van der Waals surface area contributed by atoms with Crippen molar-refractivity contribution in [3.8, 4) is 0 Å². The number of carbonyl (C=O) groups is 1. The van der Waals surface area contributed by atoms with Crippen molar-refractivity contribution >= 4 is 5.78 Å². The molecular formula is C14H15NO2. The van der Waals surface area contributed by atoms with E-state index in [1.807, 2.05) is 31.2 Å². The number of aryl methyl sites for hydroxylation is 1. The van der Waals surface area contributed by atoms with Gasteiger partial charge in [0.25, 0.3) is 0 Å². The predicted octanol–water partition coefficient (Wildman–Crippen LogP) is 2.47. The minimum Gasteiger partial charge on any atom is -0.457 e. The molecule has 0 spiro atoms. The van der Waals surface area contributed by atoms with Crippen LogP contribution in [0.1, 0.15) is 27.4 Å². The van der Waals surface area contributed by atoms with E-state index in [9.17, 15) is 4.79 Å². The third-order valence-electron chi connectivity index (χ3n) is 2.75. The molecule has 3 heteroatoms. The molecule has 0 atom stereocenters. The van der Waals surface area contributed by atoms with Crippen molar-refractivity contribution in [2.24, 2.45) is 5.73 Å². The van der Waals surface area contributed by atoms with Crippen molar-refractivity contribution in [2.45, 2.75) is 19.9 Å². The van der Waals surface area contributed by atoms with Crippen molar-refractivity contribution in [1.29, 1.82) is 0 Å². The molecule has 2 aromatic rings. The number of hydrogen-bond acceptors (Lipinski definition) is 3. The first-order valence-electron chi connectivity index (χ1n) is 5.57. The van der Waals surface area contributed by atoms with Gasteiger partial charge in [0.15, 0.2) is 5.76 Å². The highest BCUT2D eigenvalue weighted by Gasteiger charge is 2.12. The van der Waals surface area contributed by atoms with Gasteiger partial charge in [0.2, 0.25) is 5.78 Å². The Balaban J connectivity index is 2.14. The molecule has 0 saturated heterocycles. The van der Waals surface area contributed by atoms with Crippen molar-refractivity contribution < 1.29 is 9.21 Å². The van der Waals surface area contributed by atoms with Crippen LogP contribution in [0.25, 0.3) is 0 Å². The topological polar surface area (TPSA) is 56.2 Å². The number of hydrogen-bond donors (Lipinski definition) is 1. The van der Waals surface area contributed by atoms with Gasteiger partial charge in [-0.25, -0.2) is 0 Å². The fourth-order valence-corrected chi connectivity index (χ4v) is 1.71. The number of rotatable bonds is 4. The molecule has 0 bridgehead atoms. The summed E-state index contributed by atoms with van der Waals surface area (Å²) in [5, 5.41) is 0. The number of ketones is 1. The number of carbonyl (C=O) groups excluding carboxylic acids is 1. The molecule has 2 rings (SSSR count). The molecule has 0 fully saturated rings. The third kappa shape index (κ3) is 2.63. The Kier molecular flexibility index (Phi) is 3.40. The molecule has 0 aliphatic heterocycles. The van der Waals surface area contributed by atoms with Crippen LogP contribution in [-0.4, -0.2) is 5.78 Å². The highest BCUT2D eigenvalue weighted by atomic mass is 16.3. The van der Waals surface area contributed by atoms with Gasteiger partial charge in [-0.3, -0.25) is 4.79 Å². The summed E-state index contributed by atoms with van der Waals surface area (Å²) in [4.78, 5) is 12.0. The summed E-state index contributed by atoms with van der Waals surface area (Å²) in [6, 6.07) is 11.3. The summed E-state index contributed by atoms with van der Waals surface area (Å²) in [5.74, 6) is 1.01. The van der Waals surface area contributed by atoms with Gasteiger partial charge < -0.3 is 10.2 Å². The molecule has 0 aliphatic carbocycles. The third-order valence-corrected chi connectivity index (χ3v) is 2.75. The molecule has 17 heavy (non-hydrogen) atoms. The van der Waals surface area contributed by atoms with E-state index in [1.54, 1.807) is 12.1 Å². The van der Waals surface area contributed by atoms with Gasteiger partial charge in [0.1, 0.15) is 5.76 Å². The lowest BCUT2D eigenvalue weighted by atomic mass is 10.0. The van der Waals surface area contributed by atoms with E-state index in [0.717, 1.165) is 11.1 Å². The van der Waals surface area contributed by atoms with E-state index in [2.05, 4.69) is 0 Å². The lowest BCUT2D eigenvalue weighted by Gasteiger charge is -2.02. The zero-order valence-corrected chi connectivity index (χ0v) is 9.77. The Morgan fingerprint density at radius 1 is 1.24 bits per heavy atom. The molecule has 0 unspecified atom stereocenters. The van der Waals surface area contributed by atoms with Gasteiger partial charge in [-0.2, -0.15) is 0 Å². The molecule has 1 aromatic heterocycles. The van der Waals surface area contributed by atoms with Crippen LogP contribution in [0, 0.1) is 6.92 Å². The van der Waals surface area contributed by atoms with Crippen LogP contribution < -0.4 is 5.73 Å². The van der Waals surface area contributed by atoms with Gasteiger partial charge in [0.05, 0.1) is 6.54 Å².